The van der Waals surface area contributed by atoms with Crippen LogP contribution in [-0.2, 0) is 17.4 Å². The zero-order chi connectivity index (χ0) is 16.6. The van der Waals surface area contributed by atoms with E-state index in [4.69, 9.17) is 0 Å². The van der Waals surface area contributed by atoms with Crippen LogP contribution in [0.2, 0.25) is 0 Å². The average Bonchev–Trinajstić information content (AvgIpc) is 2.89. The molecule has 3 rings (SSSR count). The van der Waals surface area contributed by atoms with Gasteiger partial charge in [0.1, 0.15) is 0 Å². The Kier molecular flexibility index (Phi) is 4.57. The molecule has 1 N–H and O–H groups in total. The summed E-state index contributed by atoms with van der Waals surface area (Å²) in [6.07, 6.45) is -2.03. The molecule has 1 aromatic carbocycles. The van der Waals surface area contributed by atoms with Gasteiger partial charge in [-0.25, -0.2) is 0 Å². The van der Waals surface area contributed by atoms with Crippen LogP contribution in [0.15, 0.2) is 50.0 Å². The number of alkyl halides is 3. The van der Waals surface area contributed by atoms with E-state index in [9.17, 15) is 18.0 Å². The summed E-state index contributed by atoms with van der Waals surface area (Å²) in [5.41, 5.74) is -0.571. The molecule has 1 amide bonds. The lowest BCUT2D eigenvalue weighted by atomic mass is 10.2. The van der Waals surface area contributed by atoms with Crippen molar-refractivity contribution in [3.8, 4) is 0 Å². The highest BCUT2D eigenvalue weighted by Crippen LogP contribution is 2.41. The van der Waals surface area contributed by atoms with Crippen LogP contribution in [0.3, 0.4) is 0 Å². The number of halogens is 4. The molecular formula is C15H9BrF3NOS2. The highest BCUT2D eigenvalue weighted by Gasteiger charge is 2.32. The molecule has 8 heteroatoms. The van der Waals surface area contributed by atoms with Gasteiger partial charge in [-0.15, -0.1) is 11.3 Å². The lowest BCUT2D eigenvalue weighted by Gasteiger charge is -2.20. The molecule has 0 unspecified atom stereocenters. The maximum absolute atomic E-state index is 12.7. The van der Waals surface area contributed by atoms with Gasteiger partial charge in [0.2, 0.25) is 0 Å². The van der Waals surface area contributed by atoms with Crippen molar-refractivity contribution in [2.45, 2.75) is 17.5 Å². The Labute approximate surface area is 146 Å². The molecule has 1 aliphatic rings. The van der Waals surface area contributed by atoms with Crippen LogP contribution in [0.4, 0.5) is 18.9 Å². The van der Waals surface area contributed by atoms with Crippen LogP contribution in [0.25, 0.3) is 0 Å². The van der Waals surface area contributed by atoms with E-state index in [0.29, 0.717) is 16.2 Å². The van der Waals surface area contributed by atoms with Gasteiger partial charge in [-0.1, -0.05) is 17.8 Å². The number of benzene rings is 1. The summed E-state index contributed by atoms with van der Waals surface area (Å²) in [6, 6.07) is 5.35. The van der Waals surface area contributed by atoms with Crippen LogP contribution in [-0.4, -0.2) is 5.91 Å². The minimum atomic E-state index is -4.42. The molecule has 23 heavy (non-hydrogen) atoms. The van der Waals surface area contributed by atoms with Gasteiger partial charge in [0.05, 0.1) is 16.2 Å². The lowest BCUT2D eigenvalue weighted by Crippen LogP contribution is -2.18. The molecule has 0 fully saturated rings. The average molecular weight is 420 g/mol. The third kappa shape index (κ3) is 3.81. The second-order valence-electron chi connectivity index (χ2n) is 4.77. The summed E-state index contributed by atoms with van der Waals surface area (Å²) in [7, 11) is 0. The SMILES string of the molecule is O=C1Nc2cc(C(F)(F)F)ccc2S/C1=C\Cc1cc(Br)cs1. The molecule has 0 bridgehead atoms. The Morgan fingerprint density at radius 3 is 2.70 bits per heavy atom. The normalized spacial score (nSPS) is 16.3. The summed E-state index contributed by atoms with van der Waals surface area (Å²) in [6.45, 7) is 0. The number of carbonyl (C=O) groups is 1. The molecule has 2 aromatic rings. The number of allylic oxidation sites excluding steroid dienone is 1. The van der Waals surface area contributed by atoms with E-state index in [1.807, 2.05) is 11.4 Å². The third-order valence-electron chi connectivity index (χ3n) is 3.11. The quantitative estimate of drug-likeness (QED) is 0.632. The van der Waals surface area contributed by atoms with Gasteiger partial charge in [0.15, 0.2) is 0 Å². The van der Waals surface area contributed by atoms with Crippen molar-refractivity contribution in [2.24, 2.45) is 0 Å². The third-order valence-corrected chi connectivity index (χ3v) is 5.98. The van der Waals surface area contributed by atoms with Gasteiger partial charge < -0.3 is 5.32 Å². The fourth-order valence-electron chi connectivity index (χ4n) is 2.03. The number of thioether (sulfide) groups is 1. The monoisotopic (exact) mass is 419 g/mol. The highest BCUT2D eigenvalue weighted by molar-refractivity contribution is 9.10. The predicted molar refractivity (Wildman–Crippen MR) is 89.7 cm³/mol. The Bertz CT molecular complexity index is 798. The molecule has 0 radical (unpaired) electrons. The van der Waals surface area contributed by atoms with E-state index in [-0.39, 0.29) is 11.6 Å². The predicted octanol–water partition coefficient (Wildman–Crippen LogP) is 5.70. The van der Waals surface area contributed by atoms with E-state index in [0.717, 1.165) is 21.5 Å². The fourth-order valence-corrected chi connectivity index (χ4v) is 4.35. The summed E-state index contributed by atoms with van der Waals surface area (Å²) in [5, 5.41) is 4.48. The largest absolute Gasteiger partial charge is 0.416 e. The molecule has 0 spiro atoms. The van der Waals surface area contributed by atoms with Crippen LogP contribution >= 0.6 is 39.0 Å². The number of hydrogen-bond donors (Lipinski definition) is 1. The van der Waals surface area contributed by atoms with Crippen molar-refractivity contribution in [2.75, 3.05) is 5.32 Å². The minimum absolute atomic E-state index is 0.200. The molecule has 120 valence electrons. The second kappa shape index (κ2) is 6.33. The molecule has 1 aliphatic heterocycles. The van der Waals surface area contributed by atoms with Gasteiger partial charge in [-0.3, -0.25) is 4.79 Å². The van der Waals surface area contributed by atoms with Gasteiger partial charge >= 0.3 is 6.18 Å². The lowest BCUT2D eigenvalue weighted by molar-refractivity contribution is -0.137. The summed E-state index contributed by atoms with van der Waals surface area (Å²) >= 11 is 6.12. The molecule has 0 saturated heterocycles. The highest BCUT2D eigenvalue weighted by atomic mass is 79.9. The Hall–Kier alpha value is -1.25. The number of fused-ring (bicyclic) bond motifs is 1. The first-order chi connectivity index (χ1) is 10.8. The second-order valence-corrected chi connectivity index (χ2v) is 7.76. The maximum atomic E-state index is 12.7. The van der Waals surface area contributed by atoms with E-state index < -0.39 is 11.7 Å². The topological polar surface area (TPSA) is 29.1 Å². The standard InChI is InChI=1S/C15H9BrF3NOS2/c16-9-6-10(22-7-9)2-4-13-14(21)20-11-5-8(15(17,18)19)1-3-12(11)23-13/h1,3-7H,2H2,(H,20,21)/b13-4-. The molecule has 2 heterocycles. The van der Waals surface area contributed by atoms with Crippen molar-refractivity contribution in [1.82, 2.24) is 0 Å². The summed E-state index contributed by atoms with van der Waals surface area (Å²) in [5.74, 6) is -0.377. The van der Waals surface area contributed by atoms with E-state index in [2.05, 4.69) is 21.2 Å². The van der Waals surface area contributed by atoms with E-state index in [1.54, 1.807) is 17.4 Å². The van der Waals surface area contributed by atoms with Gasteiger partial charge in [-0.05, 0) is 40.2 Å². The number of hydrogen-bond acceptors (Lipinski definition) is 3. The Morgan fingerprint density at radius 1 is 1.26 bits per heavy atom. The van der Waals surface area contributed by atoms with Crippen molar-refractivity contribution in [1.29, 1.82) is 0 Å². The van der Waals surface area contributed by atoms with Gasteiger partial charge in [0.25, 0.3) is 5.91 Å². The van der Waals surface area contributed by atoms with Crippen molar-refractivity contribution in [3.63, 3.8) is 0 Å². The first kappa shape index (κ1) is 16.6. The molecule has 1 aromatic heterocycles. The number of thiophene rings is 1. The molecule has 0 atom stereocenters. The van der Waals surface area contributed by atoms with E-state index >= 15 is 0 Å². The van der Waals surface area contributed by atoms with Crippen molar-refractivity contribution >= 4 is 50.6 Å². The van der Waals surface area contributed by atoms with E-state index in [1.165, 1.54) is 17.8 Å². The van der Waals surface area contributed by atoms with Gasteiger partial charge in [0, 0.05) is 26.0 Å². The van der Waals surface area contributed by atoms with Crippen molar-refractivity contribution in [3.05, 3.63) is 55.5 Å². The fraction of sp³-hybridized carbons (Fsp3) is 0.133. The summed E-state index contributed by atoms with van der Waals surface area (Å²) in [4.78, 5) is 14.2. The number of nitrogens with one attached hydrogen (secondary N) is 1. The van der Waals surface area contributed by atoms with Crippen LogP contribution in [0, 0.1) is 0 Å². The number of carbonyl (C=O) groups excluding carboxylic acids is 1. The molecule has 2 nitrogen and oxygen atoms in total. The van der Waals surface area contributed by atoms with Crippen LogP contribution in [0.1, 0.15) is 10.4 Å². The van der Waals surface area contributed by atoms with Crippen LogP contribution < -0.4 is 5.32 Å². The van der Waals surface area contributed by atoms with Crippen molar-refractivity contribution < 1.29 is 18.0 Å². The zero-order valence-corrected chi connectivity index (χ0v) is 14.6. The maximum Gasteiger partial charge on any atom is 0.416 e. The molecule has 0 aliphatic carbocycles. The smallest absolute Gasteiger partial charge is 0.320 e. The number of anilines is 1. The zero-order valence-electron chi connectivity index (χ0n) is 11.4. The Balaban J connectivity index is 1.82. The number of amides is 1. The van der Waals surface area contributed by atoms with Gasteiger partial charge in [-0.2, -0.15) is 13.2 Å². The van der Waals surface area contributed by atoms with Crippen LogP contribution in [0.5, 0.6) is 0 Å². The molecular weight excluding hydrogens is 411 g/mol. The molecule has 0 saturated carbocycles. The first-order valence-corrected chi connectivity index (χ1v) is 8.95. The summed E-state index contributed by atoms with van der Waals surface area (Å²) < 4.78 is 39.1. The number of rotatable bonds is 2. The first-order valence-electron chi connectivity index (χ1n) is 6.46. The Morgan fingerprint density at radius 2 is 2.04 bits per heavy atom. The minimum Gasteiger partial charge on any atom is -0.320 e.